The van der Waals surface area contributed by atoms with Gasteiger partial charge in [-0.1, -0.05) is 48.5 Å². The van der Waals surface area contributed by atoms with Gasteiger partial charge in [-0.3, -0.25) is 4.90 Å². The van der Waals surface area contributed by atoms with Crippen molar-refractivity contribution in [1.29, 1.82) is 0 Å². The Balaban J connectivity index is 1.16. The third-order valence-corrected chi connectivity index (χ3v) is 5.48. The highest BCUT2D eigenvalue weighted by atomic mass is 16.5. The molecule has 162 valence electrons. The summed E-state index contributed by atoms with van der Waals surface area (Å²) in [5.74, 6) is 1.54. The molecule has 1 heterocycles. The fourth-order valence-corrected chi connectivity index (χ4v) is 3.74. The zero-order chi connectivity index (χ0) is 21.3. The Morgan fingerprint density at radius 2 is 1.29 bits per heavy atom. The Kier molecular flexibility index (Phi) is 7.42. The number of piperazine rings is 1. The summed E-state index contributed by atoms with van der Waals surface area (Å²) in [6, 6.07) is 28.1. The van der Waals surface area contributed by atoms with Crippen LogP contribution < -0.4 is 14.4 Å². The summed E-state index contributed by atoms with van der Waals surface area (Å²) in [5, 5.41) is 10.4. The number of β-amino-alcohol motifs (C(OH)–C–C–N with tert-alkyl or cyclic N) is 1. The molecule has 0 aliphatic carbocycles. The summed E-state index contributed by atoms with van der Waals surface area (Å²) in [6.45, 7) is 5.28. The van der Waals surface area contributed by atoms with Crippen LogP contribution in [-0.2, 0) is 6.61 Å². The van der Waals surface area contributed by atoms with Crippen molar-refractivity contribution in [2.75, 3.05) is 44.2 Å². The van der Waals surface area contributed by atoms with Gasteiger partial charge >= 0.3 is 0 Å². The summed E-state index contributed by atoms with van der Waals surface area (Å²) in [4.78, 5) is 4.69. The largest absolute Gasteiger partial charge is 0.491 e. The molecule has 1 aliphatic rings. The lowest BCUT2D eigenvalue weighted by Crippen LogP contribution is -2.49. The smallest absolute Gasteiger partial charge is 0.120 e. The van der Waals surface area contributed by atoms with Gasteiger partial charge in [-0.2, -0.15) is 0 Å². The normalized spacial score (nSPS) is 15.5. The van der Waals surface area contributed by atoms with Crippen molar-refractivity contribution >= 4 is 5.69 Å². The summed E-state index contributed by atoms with van der Waals surface area (Å²) >= 11 is 0. The van der Waals surface area contributed by atoms with Crippen LogP contribution >= 0.6 is 0 Å². The van der Waals surface area contributed by atoms with Crippen LogP contribution in [0.2, 0.25) is 0 Å². The Labute approximate surface area is 184 Å². The number of benzene rings is 3. The van der Waals surface area contributed by atoms with E-state index in [9.17, 15) is 5.11 Å². The van der Waals surface area contributed by atoms with Crippen LogP contribution in [0.5, 0.6) is 11.5 Å². The molecule has 0 bridgehead atoms. The molecule has 31 heavy (non-hydrogen) atoms. The highest BCUT2D eigenvalue weighted by Gasteiger charge is 2.19. The monoisotopic (exact) mass is 418 g/mol. The first kappa shape index (κ1) is 21.2. The van der Waals surface area contributed by atoms with Gasteiger partial charge in [0.05, 0.1) is 0 Å². The van der Waals surface area contributed by atoms with Crippen molar-refractivity contribution in [1.82, 2.24) is 4.90 Å². The molecule has 0 spiro atoms. The van der Waals surface area contributed by atoms with Crippen LogP contribution in [-0.4, -0.2) is 55.4 Å². The first-order valence-corrected chi connectivity index (χ1v) is 10.9. The maximum Gasteiger partial charge on any atom is 0.120 e. The van der Waals surface area contributed by atoms with Gasteiger partial charge in [-0.05, 0) is 42.0 Å². The van der Waals surface area contributed by atoms with E-state index in [0.29, 0.717) is 13.2 Å². The molecule has 0 amide bonds. The molecule has 1 saturated heterocycles. The number of ether oxygens (including phenoxy) is 2. The van der Waals surface area contributed by atoms with Crippen molar-refractivity contribution in [3.05, 3.63) is 90.5 Å². The zero-order valence-electron chi connectivity index (χ0n) is 17.8. The fraction of sp³-hybridized carbons (Fsp3) is 0.308. The van der Waals surface area contributed by atoms with Gasteiger partial charge in [-0.15, -0.1) is 0 Å². The second kappa shape index (κ2) is 10.8. The minimum atomic E-state index is -0.516. The minimum absolute atomic E-state index is 0.281. The molecule has 1 aliphatic heterocycles. The Morgan fingerprint density at radius 1 is 0.710 bits per heavy atom. The number of anilines is 1. The van der Waals surface area contributed by atoms with E-state index in [1.165, 1.54) is 5.69 Å². The van der Waals surface area contributed by atoms with E-state index in [0.717, 1.165) is 43.2 Å². The van der Waals surface area contributed by atoms with E-state index in [-0.39, 0.29) is 6.61 Å². The van der Waals surface area contributed by atoms with E-state index < -0.39 is 6.10 Å². The molecule has 0 unspecified atom stereocenters. The van der Waals surface area contributed by atoms with Crippen molar-refractivity contribution in [3.63, 3.8) is 0 Å². The molecule has 1 atom stereocenters. The molecular formula is C26H30N2O3. The standard InChI is InChI=1S/C26H30N2O3/c29-24(19-27-15-17-28(18-16-27)23-9-5-2-6-10-23)21-31-26-13-11-25(12-14-26)30-20-22-7-3-1-4-8-22/h1-14,24,29H,15-21H2/t24-/m0/s1. The van der Waals surface area contributed by atoms with Crippen molar-refractivity contribution in [2.24, 2.45) is 0 Å². The second-order valence-electron chi connectivity index (χ2n) is 7.83. The number of aliphatic hydroxyl groups excluding tert-OH is 1. The van der Waals surface area contributed by atoms with E-state index in [4.69, 9.17) is 9.47 Å². The van der Waals surface area contributed by atoms with Crippen molar-refractivity contribution in [3.8, 4) is 11.5 Å². The molecule has 0 saturated carbocycles. The van der Waals surface area contributed by atoms with Crippen molar-refractivity contribution in [2.45, 2.75) is 12.7 Å². The van der Waals surface area contributed by atoms with Crippen LogP contribution in [0.3, 0.4) is 0 Å². The fourth-order valence-electron chi connectivity index (χ4n) is 3.74. The third kappa shape index (κ3) is 6.48. The first-order valence-electron chi connectivity index (χ1n) is 10.9. The number of hydrogen-bond donors (Lipinski definition) is 1. The van der Waals surface area contributed by atoms with Crippen LogP contribution in [0.15, 0.2) is 84.9 Å². The molecule has 5 heteroatoms. The number of nitrogens with zero attached hydrogens (tertiary/aromatic N) is 2. The number of aliphatic hydroxyl groups is 1. The quantitative estimate of drug-likeness (QED) is 0.572. The van der Waals surface area contributed by atoms with Gasteiger partial charge in [0.25, 0.3) is 0 Å². The number of rotatable bonds is 9. The molecule has 4 rings (SSSR count). The van der Waals surface area contributed by atoms with Gasteiger partial charge in [0.2, 0.25) is 0 Å². The molecule has 0 radical (unpaired) electrons. The maximum atomic E-state index is 10.4. The molecule has 1 fully saturated rings. The summed E-state index contributed by atoms with van der Waals surface area (Å²) in [6.07, 6.45) is -0.516. The average Bonchev–Trinajstić information content (AvgIpc) is 2.84. The first-order chi connectivity index (χ1) is 15.3. The zero-order valence-corrected chi connectivity index (χ0v) is 17.8. The molecule has 5 nitrogen and oxygen atoms in total. The lowest BCUT2D eigenvalue weighted by molar-refractivity contribution is 0.0663. The van der Waals surface area contributed by atoms with Crippen LogP contribution in [0.1, 0.15) is 5.56 Å². The van der Waals surface area contributed by atoms with Crippen molar-refractivity contribution < 1.29 is 14.6 Å². The molecule has 3 aromatic rings. The van der Waals surface area contributed by atoms with Crippen LogP contribution in [0, 0.1) is 0 Å². The lowest BCUT2D eigenvalue weighted by Gasteiger charge is -2.36. The highest BCUT2D eigenvalue weighted by Crippen LogP contribution is 2.19. The highest BCUT2D eigenvalue weighted by molar-refractivity contribution is 5.46. The van der Waals surface area contributed by atoms with Gasteiger partial charge in [0.1, 0.15) is 30.8 Å². The Hall–Kier alpha value is -3.02. The topological polar surface area (TPSA) is 45.2 Å². The predicted molar refractivity (Wildman–Crippen MR) is 124 cm³/mol. The summed E-state index contributed by atoms with van der Waals surface area (Å²) < 4.78 is 11.6. The molecule has 0 aromatic heterocycles. The summed E-state index contributed by atoms with van der Waals surface area (Å²) in [7, 11) is 0. The molecule has 3 aromatic carbocycles. The Morgan fingerprint density at radius 3 is 1.94 bits per heavy atom. The minimum Gasteiger partial charge on any atom is -0.491 e. The van der Waals surface area contributed by atoms with Crippen LogP contribution in [0.4, 0.5) is 5.69 Å². The number of para-hydroxylation sites is 1. The Bertz CT molecular complexity index is 895. The number of hydrogen-bond acceptors (Lipinski definition) is 5. The van der Waals surface area contributed by atoms with E-state index in [1.54, 1.807) is 0 Å². The molecular weight excluding hydrogens is 388 g/mol. The maximum absolute atomic E-state index is 10.4. The lowest BCUT2D eigenvalue weighted by atomic mass is 10.2. The molecule has 1 N–H and O–H groups in total. The van der Waals surface area contributed by atoms with E-state index in [2.05, 4.69) is 34.1 Å². The summed E-state index contributed by atoms with van der Waals surface area (Å²) in [5.41, 5.74) is 2.40. The second-order valence-corrected chi connectivity index (χ2v) is 7.83. The van der Waals surface area contributed by atoms with Gasteiger partial charge < -0.3 is 19.5 Å². The predicted octanol–water partition coefficient (Wildman–Crippen LogP) is 3.83. The SMILES string of the molecule is O[C@H](COc1ccc(OCc2ccccc2)cc1)CN1CCN(c2ccccc2)CC1. The van der Waals surface area contributed by atoms with Crippen LogP contribution in [0.25, 0.3) is 0 Å². The van der Waals surface area contributed by atoms with Gasteiger partial charge in [-0.25, -0.2) is 0 Å². The van der Waals surface area contributed by atoms with E-state index >= 15 is 0 Å². The third-order valence-electron chi connectivity index (χ3n) is 5.48. The van der Waals surface area contributed by atoms with Gasteiger partial charge in [0.15, 0.2) is 0 Å². The van der Waals surface area contributed by atoms with Gasteiger partial charge in [0, 0.05) is 38.4 Å². The van der Waals surface area contributed by atoms with E-state index in [1.807, 2.05) is 60.7 Å². The average molecular weight is 419 g/mol.